The van der Waals surface area contributed by atoms with Gasteiger partial charge in [0.1, 0.15) is 15.5 Å². The quantitative estimate of drug-likeness (QED) is 0.259. The first-order valence-electron chi connectivity index (χ1n) is 9.22. The van der Waals surface area contributed by atoms with Crippen LogP contribution in [0.3, 0.4) is 0 Å². The first-order valence-corrected chi connectivity index (χ1v) is 12.9. The van der Waals surface area contributed by atoms with Gasteiger partial charge in [-0.3, -0.25) is 9.11 Å². The van der Waals surface area contributed by atoms with Crippen molar-refractivity contribution in [2.24, 2.45) is 0 Å². The largest absolute Gasteiger partial charge is 0.506 e. The van der Waals surface area contributed by atoms with Crippen LogP contribution in [0.15, 0.2) is 58.3 Å². The van der Waals surface area contributed by atoms with Gasteiger partial charge in [0.15, 0.2) is 0 Å². The fraction of sp³-hybridized carbons (Fsp3) is 0.0952. The molecular formula is C21H16Cl2O9S2. The van der Waals surface area contributed by atoms with Crippen molar-refractivity contribution in [2.45, 2.75) is 22.6 Å². The topological polar surface area (TPSA) is 166 Å². The average molecular weight is 547 g/mol. The van der Waals surface area contributed by atoms with E-state index in [1.807, 2.05) is 0 Å². The molecule has 0 heterocycles. The molecule has 13 heteroatoms. The number of aromatic carboxylic acids is 1. The van der Waals surface area contributed by atoms with E-state index in [0.29, 0.717) is 0 Å². The van der Waals surface area contributed by atoms with Gasteiger partial charge in [-0.25, -0.2) is 4.79 Å². The molecule has 0 spiro atoms. The molecule has 0 saturated carbocycles. The molecule has 180 valence electrons. The summed E-state index contributed by atoms with van der Waals surface area (Å²) in [4.78, 5) is 10.0. The smallest absolute Gasteiger partial charge is 0.335 e. The summed E-state index contributed by atoms with van der Waals surface area (Å²) in [5.41, 5.74) is 0.0746. The molecule has 1 atom stereocenters. The molecule has 0 amide bonds. The summed E-state index contributed by atoms with van der Waals surface area (Å²) < 4.78 is 66.6. The number of benzene rings is 3. The van der Waals surface area contributed by atoms with Gasteiger partial charge in [0, 0.05) is 16.5 Å². The Morgan fingerprint density at radius 1 is 0.882 bits per heavy atom. The number of hydrogen-bond donors (Lipinski definition) is 4. The Kier molecular flexibility index (Phi) is 7.00. The van der Waals surface area contributed by atoms with Crippen molar-refractivity contribution >= 4 is 49.4 Å². The van der Waals surface area contributed by atoms with Crippen LogP contribution in [0.5, 0.6) is 5.75 Å². The third kappa shape index (κ3) is 5.04. The zero-order valence-corrected chi connectivity index (χ0v) is 20.2. The van der Waals surface area contributed by atoms with Crippen LogP contribution in [0.2, 0.25) is 10.0 Å². The molecule has 0 bridgehead atoms. The van der Waals surface area contributed by atoms with Crippen molar-refractivity contribution < 1.29 is 40.9 Å². The summed E-state index contributed by atoms with van der Waals surface area (Å²) in [6.45, 7) is 1.36. The van der Waals surface area contributed by atoms with Crippen LogP contribution in [-0.4, -0.2) is 42.1 Å². The number of carbonyl (C=O) groups is 1. The maximum Gasteiger partial charge on any atom is 0.335 e. The first kappa shape index (κ1) is 25.9. The summed E-state index contributed by atoms with van der Waals surface area (Å²) in [7, 11) is -9.69. The summed E-state index contributed by atoms with van der Waals surface area (Å²) >= 11 is 12.7. The SMILES string of the molecule is Cc1cc(C(c2cccc(C(=O)O)c2)c2c(Cl)ccc(S(=O)(=O)O)c2Cl)cc(S(=O)(=O)O)c1O. The van der Waals surface area contributed by atoms with Gasteiger partial charge in [-0.1, -0.05) is 41.4 Å². The average Bonchev–Trinajstić information content (AvgIpc) is 2.71. The van der Waals surface area contributed by atoms with Crippen molar-refractivity contribution in [3.05, 3.63) is 86.4 Å². The number of phenolic OH excluding ortho intramolecular Hbond substituents is 1. The number of phenols is 1. The number of halogens is 2. The van der Waals surface area contributed by atoms with Gasteiger partial charge in [-0.15, -0.1) is 0 Å². The Morgan fingerprint density at radius 2 is 1.50 bits per heavy atom. The Labute approximate surface area is 204 Å². The summed E-state index contributed by atoms with van der Waals surface area (Å²) in [5.74, 6) is -3.17. The Morgan fingerprint density at radius 3 is 2.06 bits per heavy atom. The van der Waals surface area contributed by atoms with E-state index < -0.39 is 52.7 Å². The normalized spacial score (nSPS) is 13.0. The fourth-order valence-corrected chi connectivity index (χ4v) is 5.68. The molecular weight excluding hydrogens is 531 g/mol. The highest BCUT2D eigenvalue weighted by molar-refractivity contribution is 7.86. The molecule has 0 aromatic heterocycles. The molecule has 3 rings (SSSR count). The molecule has 1 unspecified atom stereocenters. The van der Waals surface area contributed by atoms with Crippen molar-refractivity contribution in [1.82, 2.24) is 0 Å². The van der Waals surface area contributed by atoms with Crippen molar-refractivity contribution in [3.63, 3.8) is 0 Å². The zero-order valence-electron chi connectivity index (χ0n) is 17.1. The maximum absolute atomic E-state index is 11.9. The number of aryl methyl sites for hydroxylation is 1. The van der Waals surface area contributed by atoms with Crippen LogP contribution >= 0.6 is 23.2 Å². The molecule has 0 fully saturated rings. The lowest BCUT2D eigenvalue weighted by molar-refractivity contribution is 0.0696. The van der Waals surface area contributed by atoms with Crippen molar-refractivity contribution in [1.29, 1.82) is 0 Å². The first-order chi connectivity index (χ1) is 15.6. The molecule has 0 aliphatic carbocycles. The third-order valence-electron chi connectivity index (χ3n) is 5.02. The van der Waals surface area contributed by atoms with E-state index >= 15 is 0 Å². The lowest BCUT2D eigenvalue weighted by Crippen LogP contribution is -2.11. The fourth-order valence-electron chi connectivity index (χ4n) is 3.53. The molecule has 9 nitrogen and oxygen atoms in total. The molecule has 0 radical (unpaired) electrons. The van der Waals surface area contributed by atoms with E-state index in [4.69, 9.17) is 23.2 Å². The van der Waals surface area contributed by atoms with Crippen LogP contribution in [0.4, 0.5) is 0 Å². The van der Waals surface area contributed by atoms with E-state index in [9.17, 15) is 40.9 Å². The van der Waals surface area contributed by atoms with E-state index in [-0.39, 0.29) is 32.8 Å². The number of hydrogen-bond acceptors (Lipinski definition) is 6. The van der Waals surface area contributed by atoms with Crippen LogP contribution < -0.4 is 0 Å². The van der Waals surface area contributed by atoms with E-state index in [2.05, 4.69) is 0 Å². The maximum atomic E-state index is 11.9. The lowest BCUT2D eigenvalue weighted by atomic mass is 9.83. The molecule has 3 aromatic rings. The van der Waals surface area contributed by atoms with Gasteiger partial charge in [0.2, 0.25) is 0 Å². The Hall–Kier alpha value is -2.67. The van der Waals surface area contributed by atoms with Gasteiger partial charge in [0.05, 0.1) is 10.6 Å². The van der Waals surface area contributed by atoms with Gasteiger partial charge in [0.25, 0.3) is 20.2 Å². The summed E-state index contributed by atoms with van der Waals surface area (Å²) in [5, 5.41) is 19.0. The predicted molar refractivity (Wildman–Crippen MR) is 123 cm³/mol. The van der Waals surface area contributed by atoms with E-state index in [1.165, 1.54) is 37.3 Å². The monoisotopic (exact) mass is 546 g/mol. The van der Waals surface area contributed by atoms with Gasteiger partial charge >= 0.3 is 5.97 Å². The van der Waals surface area contributed by atoms with Crippen LogP contribution in [0, 0.1) is 6.92 Å². The standard InChI is InChI=1S/C21H16Cl2O9S2/c1-10-7-13(9-16(20(10)24)34(30,31)32)17(11-3-2-4-12(8-11)21(25)26)18-14(22)5-6-15(19(18)23)33(27,28)29/h2-9,17,24H,1H3,(H,25,26)(H,27,28,29)(H,30,31,32). The minimum Gasteiger partial charge on any atom is -0.506 e. The van der Waals surface area contributed by atoms with Crippen LogP contribution in [0.25, 0.3) is 0 Å². The third-order valence-corrected chi connectivity index (χ3v) is 7.64. The number of carboxylic acid groups (broad SMARTS) is 1. The van der Waals surface area contributed by atoms with E-state index in [1.54, 1.807) is 0 Å². The minimum atomic E-state index is -4.90. The van der Waals surface area contributed by atoms with Crippen molar-refractivity contribution in [2.75, 3.05) is 0 Å². The molecule has 34 heavy (non-hydrogen) atoms. The highest BCUT2D eigenvalue weighted by Gasteiger charge is 2.30. The number of carboxylic acids is 1. The minimum absolute atomic E-state index is 0.0303. The summed E-state index contributed by atoms with van der Waals surface area (Å²) in [6, 6.07) is 9.81. The Balaban J connectivity index is 2.49. The highest BCUT2D eigenvalue weighted by atomic mass is 35.5. The van der Waals surface area contributed by atoms with Gasteiger partial charge in [-0.05, 0) is 53.9 Å². The highest BCUT2D eigenvalue weighted by Crippen LogP contribution is 2.44. The summed E-state index contributed by atoms with van der Waals surface area (Å²) in [6.07, 6.45) is 0. The second kappa shape index (κ2) is 9.17. The lowest BCUT2D eigenvalue weighted by Gasteiger charge is -2.24. The predicted octanol–water partition coefficient (Wildman–Crippen LogP) is 4.38. The van der Waals surface area contributed by atoms with Crippen molar-refractivity contribution in [3.8, 4) is 5.75 Å². The van der Waals surface area contributed by atoms with Crippen LogP contribution in [-0.2, 0) is 20.2 Å². The zero-order chi connectivity index (χ0) is 25.6. The molecule has 0 saturated heterocycles. The Bertz CT molecular complexity index is 1530. The van der Waals surface area contributed by atoms with Crippen LogP contribution in [0.1, 0.15) is 38.5 Å². The second-order valence-corrected chi connectivity index (χ2v) is 10.8. The molecule has 0 aliphatic rings. The number of aromatic hydroxyl groups is 1. The second-order valence-electron chi connectivity index (χ2n) is 7.27. The van der Waals surface area contributed by atoms with Gasteiger partial charge in [-0.2, -0.15) is 16.8 Å². The molecule has 4 N–H and O–H groups in total. The molecule has 3 aromatic carbocycles. The van der Waals surface area contributed by atoms with E-state index in [0.717, 1.165) is 18.2 Å². The molecule has 0 aliphatic heterocycles. The van der Waals surface area contributed by atoms with Gasteiger partial charge < -0.3 is 10.2 Å². The number of rotatable bonds is 6.